The zero-order chi connectivity index (χ0) is 13.7. The van der Waals surface area contributed by atoms with Gasteiger partial charge in [0.1, 0.15) is 6.61 Å². The molecule has 1 heterocycles. The minimum absolute atomic E-state index is 0.0852. The molecule has 4 nitrogen and oxygen atoms in total. The van der Waals surface area contributed by atoms with Gasteiger partial charge in [0.2, 0.25) is 5.82 Å². The van der Waals surface area contributed by atoms with Gasteiger partial charge < -0.3 is 14.9 Å². The number of benzene rings is 1. The predicted molar refractivity (Wildman–Crippen MR) is 67.0 cm³/mol. The summed E-state index contributed by atoms with van der Waals surface area (Å²) >= 11 is 0. The molecule has 1 aromatic carbocycles. The third-order valence-electron chi connectivity index (χ3n) is 3.00. The summed E-state index contributed by atoms with van der Waals surface area (Å²) in [5.41, 5.74) is -0.0852. The molecule has 104 valence electrons. The highest BCUT2D eigenvalue weighted by molar-refractivity contribution is 5.77. The average Bonchev–Trinajstić information content (AvgIpc) is 2.45. The third kappa shape index (κ3) is 3.48. The molecule has 0 radical (unpaired) electrons. The van der Waals surface area contributed by atoms with Crippen LogP contribution in [0.15, 0.2) is 12.1 Å². The number of ether oxygens (including phenoxy) is 2. The van der Waals surface area contributed by atoms with E-state index in [9.17, 15) is 8.78 Å². The third-order valence-corrected chi connectivity index (χ3v) is 3.00. The molecule has 0 spiro atoms. The fraction of sp³-hybridized carbons (Fsp3) is 0.462. The quantitative estimate of drug-likeness (QED) is 0.828. The van der Waals surface area contributed by atoms with Crippen LogP contribution in [0.1, 0.15) is 5.56 Å². The topological polar surface area (TPSA) is 45.5 Å². The van der Waals surface area contributed by atoms with E-state index in [0.717, 1.165) is 19.3 Å². The zero-order valence-corrected chi connectivity index (χ0v) is 10.5. The minimum Gasteiger partial charge on any atom is -0.489 e. The van der Waals surface area contributed by atoms with E-state index in [4.69, 9.17) is 14.9 Å². The molecule has 0 bridgehead atoms. The van der Waals surface area contributed by atoms with Gasteiger partial charge in [-0.1, -0.05) is 0 Å². The first-order chi connectivity index (χ1) is 9.22. The van der Waals surface area contributed by atoms with Crippen molar-refractivity contribution < 1.29 is 18.3 Å². The molecular formula is C13H16F2N2O2. The average molecular weight is 270 g/mol. The van der Waals surface area contributed by atoms with E-state index in [1.807, 2.05) is 0 Å². The lowest BCUT2D eigenvalue weighted by atomic mass is 10.2. The van der Waals surface area contributed by atoms with Gasteiger partial charge in [0, 0.05) is 31.4 Å². The lowest BCUT2D eigenvalue weighted by Crippen LogP contribution is -2.38. The van der Waals surface area contributed by atoms with Crippen LogP contribution in [0.3, 0.4) is 0 Å². The van der Waals surface area contributed by atoms with E-state index >= 15 is 0 Å². The first kappa shape index (κ1) is 13.9. The minimum atomic E-state index is -1.04. The second kappa shape index (κ2) is 6.58. The lowest BCUT2D eigenvalue weighted by molar-refractivity contribution is 0.0320. The monoisotopic (exact) mass is 270 g/mol. The van der Waals surface area contributed by atoms with E-state index in [0.29, 0.717) is 26.4 Å². The van der Waals surface area contributed by atoms with Crippen LogP contribution in [0.2, 0.25) is 0 Å². The van der Waals surface area contributed by atoms with Gasteiger partial charge in [-0.25, -0.2) is 4.39 Å². The molecule has 0 aliphatic carbocycles. The fourth-order valence-corrected chi connectivity index (χ4v) is 1.88. The Morgan fingerprint density at radius 2 is 2.00 bits per heavy atom. The largest absolute Gasteiger partial charge is 0.489 e. The van der Waals surface area contributed by atoms with Crippen LogP contribution in [-0.4, -0.2) is 50.6 Å². The Kier molecular flexibility index (Phi) is 4.81. The van der Waals surface area contributed by atoms with E-state index in [1.54, 1.807) is 0 Å². The van der Waals surface area contributed by atoms with Crippen LogP contribution >= 0.6 is 0 Å². The Labute approximate surface area is 110 Å². The van der Waals surface area contributed by atoms with Crippen LogP contribution in [0, 0.1) is 17.0 Å². The maximum absolute atomic E-state index is 13.6. The molecule has 1 aliphatic heterocycles. The molecule has 0 saturated carbocycles. The van der Waals surface area contributed by atoms with E-state index in [-0.39, 0.29) is 11.3 Å². The van der Waals surface area contributed by atoms with Crippen molar-refractivity contribution in [2.24, 2.45) is 0 Å². The van der Waals surface area contributed by atoms with Crippen LogP contribution in [0.25, 0.3) is 0 Å². The van der Waals surface area contributed by atoms with Gasteiger partial charge in [-0.2, -0.15) is 4.39 Å². The number of hydrogen-bond acceptors (Lipinski definition) is 4. The summed E-state index contributed by atoms with van der Waals surface area (Å²) in [5, 5.41) is 6.93. The van der Waals surface area contributed by atoms with Crippen molar-refractivity contribution in [2.45, 2.75) is 0 Å². The van der Waals surface area contributed by atoms with Gasteiger partial charge in [0.25, 0.3) is 0 Å². The fourth-order valence-electron chi connectivity index (χ4n) is 1.88. The van der Waals surface area contributed by atoms with Crippen molar-refractivity contribution in [3.8, 4) is 5.75 Å². The number of nitrogens with zero attached hydrogens (tertiary/aromatic N) is 1. The second-order valence-corrected chi connectivity index (χ2v) is 4.23. The molecule has 19 heavy (non-hydrogen) atoms. The van der Waals surface area contributed by atoms with E-state index in [2.05, 4.69) is 4.90 Å². The molecule has 1 aliphatic rings. The Hall–Kier alpha value is -1.53. The molecule has 0 aromatic heterocycles. The second-order valence-electron chi connectivity index (χ2n) is 4.23. The number of nitrogens with one attached hydrogen (secondary N) is 1. The Bertz CT molecular complexity index is 449. The molecule has 2 rings (SSSR count). The first-order valence-electron chi connectivity index (χ1n) is 6.13. The number of morpholine rings is 1. The summed E-state index contributed by atoms with van der Waals surface area (Å²) in [4.78, 5) is 2.14. The van der Waals surface area contributed by atoms with Gasteiger partial charge in [0.15, 0.2) is 11.6 Å². The molecule has 0 unspecified atom stereocenters. The molecule has 1 aromatic rings. The van der Waals surface area contributed by atoms with Gasteiger partial charge in [-0.3, -0.25) is 4.90 Å². The molecule has 1 N–H and O–H groups in total. The molecule has 0 atom stereocenters. The van der Waals surface area contributed by atoms with Crippen molar-refractivity contribution in [1.29, 1.82) is 5.41 Å². The van der Waals surface area contributed by atoms with Crippen molar-refractivity contribution in [3.05, 3.63) is 29.3 Å². The molecule has 1 saturated heterocycles. The van der Waals surface area contributed by atoms with Crippen LogP contribution in [0.5, 0.6) is 5.75 Å². The van der Waals surface area contributed by atoms with Crippen molar-refractivity contribution in [1.82, 2.24) is 4.90 Å². The molecule has 1 fully saturated rings. The number of hydrogen-bond donors (Lipinski definition) is 1. The van der Waals surface area contributed by atoms with Gasteiger partial charge in [-0.05, 0) is 12.1 Å². The first-order valence-corrected chi connectivity index (χ1v) is 6.13. The summed E-state index contributed by atoms with van der Waals surface area (Å²) in [5.74, 6) is -2.20. The maximum atomic E-state index is 13.6. The summed E-state index contributed by atoms with van der Waals surface area (Å²) in [6.45, 7) is 3.98. The Morgan fingerprint density at radius 3 is 2.68 bits per heavy atom. The maximum Gasteiger partial charge on any atom is 0.201 e. The highest BCUT2D eigenvalue weighted by Gasteiger charge is 2.14. The predicted octanol–water partition coefficient (Wildman–Crippen LogP) is 1.67. The van der Waals surface area contributed by atoms with Gasteiger partial charge in [-0.15, -0.1) is 0 Å². The van der Waals surface area contributed by atoms with Crippen molar-refractivity contribution in [2.75, 3.05) is 39.5 Å². The standard InChI is InChI=1S/C13H16F2N2O2/c14-12-10(9-16)1-2-11(13(12)15)19-8-5-17-3-6-18-7-4-17/h1-2,9,16H,3-8H2. The molecular weight excluding hydrogens is 254 g/mol. The SMILES string of the molecule is N=Cc1ccc(OCCN2CCOCC2)c(F)c1F. The molecule has 0 amide bonds. The van der Waals surface area contributed by atoms with Crippen molar-refractivity contribution in [3.63, 3.8) is 0 Å². The van der Waals surface area contributed by atoms with Gasteiger partial charge >= 0.3 is 0 Å². The van der Waals surface area contributed by atoms with Crippen molar-refractivity contribution >= 4 is 6.21 Å². The highest BCUT2D eigenvalue weighted by atomic mass is 19.2. The summed E-state index contributed by atoms with van der Waals surface area (Å²) < 4.78 is 37.4. The summed E-state index contributed by atoms with van der Waals surface area (Å²) in [6.07, 6.45) is 0.774. The number of rotatable bonds is 5. The smallest absolute Gasteiger partial charge is 0.201 e. The highest BCUT2D eigenvalue weighted by Crippen LogP contribution is 2.21. The van der Waals surface area contributed by atoms with E-state index in [1.165, 1.54) is 12.1 Å². The Morgan fingerprint density at radius 1 is 1.26 bits per heavy atom. The van der Waals surface area contributed by atoms with Gasteiger partial charge in [0.05, 0.1) is 13.2 Å². The van der Waals surface area contributed by atoms with Crippen LogP contribution in [-0.2, 0) is 4.74 Å². The summed E-state index contributed by atoms with van der Waals surface area (Å²) in [6, 6.07) is 2.67. The Balaban J connectivity index is 1.88. The normalized spacial score (nSPS) is 16.3. The zero-order valence-electron chi connectivity index (χ0n) is 10.5. The summed E-state index contributed by atoms with van der Waals surface area (Å²) in [7, 11) is 0. The van der Waals surface area contributed by atoms with Crippen LogP contribution in [0.4, 0.5) is 8.78 Å². The van der Waals surface area contributed by atoms with E-state index < -0.39 is 11.6 Å². The number of halogens is 2. The van der Waals surface area contributed by atoms with Crippen LogP contribution < -0.4 is 4.74 Å². The molecule has 6 heteroatoms. The lowest BCUT2D eigenvalue weighted by Gasteiger charge is -2.26.